The van der Waals surface area contributed by atoms with Gasteiger partial charge in [-0.1, -0.05) is 12.1 Å². The van der Waals surface area contributed by atoms with Gasteiger partial charge in [0.05, 0.1) is 18.7 Å². The van der Waals surface area contributed by atoms with E-state index < -0.39 is 5.60 Å². The smallest absolute Gasteiger partial charge is 0.410 e. The molecule has 1 atom stereocenters. The highest BCUT2D eigenvalue weighted by Crippen LogP contribution is 2.26. The Kier molecular flexibility index (Phi) is 5.13. The van der Waals surface area contributed by atoms with E-state index >= 15 is 0 Å². The molecule has 1 aliphatic heterocycles. The molecule has 1 unspecified atom stereocenters. The number of amides is 2. The fraction of sp³-hybridized carbons (Fsp3) is 0.529. The fourth-order valence-electron chi connectivity index (χ4n) is 2.45. The molecule has 0 saturated carbocycles. The first-order valence-corrected chi connectivity index (χ1v) is 7.72. The number of nitrogens with one attached hydrogen (secondary N) is 1. The number of hydrogen-bond donors (Lipinski definition) is 1. The van der Waals surface area contributed by atoms with E-state index in [0.29, 0.717) is 30.9 Å². The van der Waals surface area contributed by atoms with E-state index in [4.69, 9.17) is 9.47 Å². The van der Waals surface area contributed by atoms with Gasteiger partial charge >= 0.3 is 6.09 Å². The first-order valence-electron chi connectivity index (χ1n) is 7.72. The van der Waals surface area contributed by atoms with Gasteiger partial charge in [0.1, 0.15) is 11.4 Å². The van der Waals surface area contributed by atoms with Crippen LogP contribution in [0.25, 0.3) is 0 Å². The van der Waals surface area contributed by atoms with Gasteiger partial charge in [-0.3, -0.25) is 4.79 Å². The molecule has 1 aromatic rings. The van der Waals surface area contributed by atoms with E-state index in [1.807, 2.05) is 32.9 Å². The van der Waals surface area contributed by atoms with Crippen molar-refractivity contribution in [1.29, 1.82) is 0 Å². The van der Waals surface area contributed by atoms with Crippen LogP contribution in [0.15, 0.2) is 24.3 Å². The van der Waals surface area contributed by atoms with Crippen LogP contribution in [0, 0.1) is 5.92 Å². The third-order valence-corrected chi connectivity index (χ3v) is 3.58. The largest absolute Gasteiger partial charge is 0.495 e. The molecule has 0 aliphatic carbocycles. The molecule has 2 amide bonds. The van der Waals surface area contributed by atoms with E-state index in [-0.39, 0.29) is 17.9 Å². The lowest BCUT2D eigenvalue weighted by atomic mass is 10.1. The number of ether oxygens (including phenoxy) is 2. The zero-order valence-electron chi connectivity index (χ0n) is 14.1. The SMILES string of the molecule is COc1ccccc1NC(=O)C1CCN(C(=O)OC(C)(C)C)C1. The number of nitrogens with zero attached hydrogens (tertiary/aromatic N) is 1. The molecule has 0 bridgehead atoms. The van der Waals surface area contributed by atoms with Crippen molar-refractivity contribution in [3.8, 4) is 5.75 Å². The summed E-state index contributed by atoms with van der Waals surface area (Å²) in [5.74, 6) is 0.260. The lowest BCUT2D eigenvalue weighted by Gasteiger charge is -2.24. The summed E-state index contributed by atoms with van der Waals surface area (Å²) in [5, 5.41) is 2.87. The highest BCUT2D eigenvalue weighted by atomic mass is 16.6. The van der Waals surface area contributed by atoms with Crippen LogP contribution in [0.3, 0.4) is 0 Å². The fourth-order valence-corrected chi connectivity index (χ4v) is 2.45. The minimum absolute atomic E-state index is 0.111. The molecule has 0 spiro atoms. The minimum Gasteiger partial charge on any atom is -0.495 e. The second-order valence-electron chi connectivity index (χ2n) is 6.60. The van der Waals surface area contributed by atoms with E-state index in [1.54, 1.807) is 24.1 Å². The Hall–Kier alpha value is -2.24. The lowest BCUT2D eigenvalue weighted by Crippen LogP contribution is -2.36. The normalized spacial score (nSPS) is 17.7. The number of carbonyl (C=O) groups excluding carboxylic acids is 2. The minimum atomic E-state index is -0.533. The van der Waals surface area contributed by atoms with Crippen molar-refractivity contribution in [3.05, 3.63) is 24.3 Å². The van der Waals surface area contributed by atoms with E-state index in [1.165, 1.54) is 0 Å². The molecular weight excluding hydrogens is 296 g/mol. The third kappa shape index (κ3) is 4.61. The summed E-state index contributed by atoms with van der Waals surface area (Å²) in [6.07, 6.45) is 0.255. The molecule has 1 aliphatic rings. The standard InChI is InChI=1S/C17H24N2O4/c1-17(2,3)23-16(21)19-10-9-12(11-19)15(20)18-13-7-5-6-8-14(13)22-4/h5-8,12H,9-11H2,1-4H3,(H,18,20). The molecule has 23 heavy (non-hydrogen) atoms. The summed E-state index contributed by atoms with van der Waals surface area (Å²) in [6.45, 7) is 6.38. The summed E-state index contributed by atoms with van der Waals surface area (Å²) in [6, 6.07) is 7.25. The van der Waals surface area contributed by atoms with Crippen molar-refractivity contribution in [2.75, 3.05) is 25.5 Å². The molecule has 1 aromatic carbocycles. The summed E-state index contributed by atoms with van der Waals surface area (Å²) in [7, 11) is 1.56. The van der Waals surface area contributed by atoms with Crippen LogP contribution < -0.4 is 10.1 Å². The number of methoxy groups -OCH3 is 1. The zero-order valence-corrected chi connectivity index (χ0v) is 14.1. The van der Waals surface area contributed by atoms with Crippen LogP contribution in [0.5, 0.6) is 5.75 Å². The number of para-hydroxylation sites is 2. The lowest BCUT2D eigenvalue weighted by molar-refractivity contribution is -0.119. The maximum Gasteiger partial charge on any atom is 0.410 e. The maximum atomic E-state index is 12.4. The number of rotatable bonds is 3. The van der Waals surface area contributed by atoms with Gasteiger partial charge in [-0.05, 0) is 39.3 Å². The van der Waals surface area contributed by atoms with Gasteiger partial charge in [0.15, 0.2) is 0 Å². The van der Waals surface area contributed by atoms with Crippen LogP contribution in [0.2, 0.25) is 0 Å². The van der Waals surface area contributed by atoms with Crippen molar-refractivity contribution in [3.63, 3.8) is 0 Å². The first-order chi connectivity index (χ1) is 10.8. The average molecular weight is 320 g/mol. The summed E-state index contributed by atoms with van der Waals surface area (Å²) in [5.41, 5.74) is 0.102. The zero-order chi connectivity index (χ0) is 17.0. The molecular formula is C17H24N2O4. The van der Waals surface area contributed by atoms with Crippen molar-refractivity contribution >= 4 is 17.7 Å². The number of anilines is 1. The predicted molar refractivity (Wildman–Crippen MR) is 87.5 cm³/mol. The van der Waals surface area contributed by atoms with Gasteiger partial charge < -0.3 is 19.7 Å². The van der Waals surface area contributed by atoms with Crippen molar-refractivity contribution in [2.24, 2.45) is 5.92 Å². The summed E-state index contributed by atoms with van der Waals surface area (Å²) >= 11 is 0. The topological polar surface area (TPSA) is 67.9 Å². The van der Waals surface area contributed by atoms with Gasteiger partial charge in [0.2, 0.25) is 5.91 Å². The molecule has 1 saturated heterocycles. The molecule has 126 valence electrons. The van der Waals surface area contributed by atoms with Crippen LogP contribution in [-0.2, 0) is 9.53 Å². The second kappa shape index (κ2) is 6.89. The number of carbonyl (C=O) groups is 2. The molecule has 2 rings (SSSR count). The van der Waals surface area contributed by atoms with Crippen LogP contribution in [-0.4, -0.2) is 42.7 Å². The molecule has 6 heteroatoms. The monoisotopic (exact) mass is 320 g/mol. The second-order valence-corrected chi connectivity index (χ2v) is 6.60. The Bertz CT molecular complexity index is 580. The van der Waals surface area contributed by atoms with Gasteiger partial charge in [-0.2, -0.15) is 0 Å². The van der Waals surface area contributed by atoms with E-state index in [2.05, 4.69) is 5.32 Å². The van der Waals surface area contributed by atoms with Gasteiger partial charge in [-0.15, -0.1) is 0 Å². The first kappa shape index (κ1) is 17.1. The van der Waals surface area contributed by atoms with Crippen LogP contribution >= 0.6 is 0 Å². The maximum absolute atomic E-state index is 12.4. The van der Waals surface area contributed by atoms with Gasteiger partial charge in [0.25, 0.3) is 0 Å². The number of likely N-dealkylation sites (tertiary alicyclic amines) is 1. The molecule has 0 aromatic heterocycles. The van der Waals surface area contributed by atoms with E-state index in [0.717, 1.165) is 0 Å². The molecule has 0 radical (unpaired) electrons. The van der Waals surface area contributed by atoms with Crippen LogP contribution in [0.4, 0.5) is 10.5 Å². The third-order valence-electron chi connectivity index (χ3n) is 3.58. The van der Waals surface area contributed by atoms with Crippen molar-refractivity contribution in [1.82, 2.24) is 4.90 Å². The average Bonchev–Trinajstić information content (AvgIpc) is 2.96. The Morgan fingerprint density at radius 3 is 2.61 bits per heavy atom. The van der Waals surface area contributed by atoms with E-state index in [9.17, 15) is 9.59 Å². The summed E-state index contributed by atoms with van der Waals surface area (Å²) in [4.78, 5) is 26.0. The predicted octanol–water partition coefficient (Wildman–Crippen LogP) is 2.89. The van der Waals surface area contributed by atoms with Gasteiger partial charge in [0, 0.05) is 13.1 Å². The quantitative estimate of drug-likeness (QED) is 0.930. The molecule has 6 nitrogen and oxygen atoms in total. The van der Waals surface area contributed by atoms with Crippen molar-refractivity contribution < 1.29 is 19.1 Å². The van der Waals surface area contributed by atoms with Crippen LogP contribution in [0.1, 0.15) is 27.2 Å². The Morgan fingerprint density at radius 1 is 1.26 bits per heavy atom. The number of benzene rings is 1. The highest BCUT2D eigenvalue weighted by Gasteiger charge is 2.33. The van der Waals surface area contributed by atoms with Gasteiger partial charge in [-0.25, -0.2) is 4.79 Å². The molecule has 1 heterocycles. The Balaban J connectivity index is 1.94. The molecule has 1 fully saturated rings. The number of hydrogen-bond acceptors (Lipinski definition) is 4. The Morgan fingerprint density at radius 2 is 1.96 bits per heavy atom. The summed E-state index contributed by atoms with van der Waals surface area (Å²) < 4.78 is 10.6. The molecule has 1 N–H and O–H groups in total. The highest BCUT2D eigenvalue weighted by molar-refractivity contribution is 5.94. The van der Waals surface area contributed by atoms with Crippen molar-refractivity contribution in [2.45, 2.75) is 32.8 Å². The Labute approximate surface area is 136 Å².